The molecule has 0 aliphatic carbocycles. The van der Waals surface area contributed by atoms with Crippen LogP contribution in [-0.4, -0.2) is 44.2 Å². The summed E-state index contributed by atoms with van der Waals surface area (Å²) in [6.45, 7) is 8.02. The topological polar surface area (TPSA) is 88.6 Å². The summed E-state index contributed by atoms with van der Waals surface area (Å²) in [5.74, 6) is 0.426. The maximum Gasteiger partial charge on any atom is 0.326 e. The van der Waals surface area contributed by atoms with Gasteiger partial charge in [0, 0.05) is 24.0 Å². The molecule has 1 fully saturated rings. The lowest BCUT2D eigenvalue weighted by molar-refractivity contribution is -0.144. The molecule has 7 nitrogen and oxygen atoms in total. The highest BCUT2D eigenvalue weighted by Crippen LogP contribution is 2.27. The van der Waals surface area contributed by atoms with Crippen LogP contribution in [0.3, 0.4) is 0 Å². The van der Waals surface area contributed by atoms with Crippen molar-refractivity contribution in [3.8, 4) is 5.82 Å². The molecule has 1 saturated heterocycles. The predicted molar refractivity (Wildman–Crippen MR) is 90.9 cm³/mol. The fourth-order valence-corrected chi connectivity index (χ4v) is 3.56. The molecule has 2 aromatic rings. The standard InChI is InChI=1S/C18H23N3O4/c1-10-5-6-20(15(7-10)18(23)24)17(22)14-8-11(2)21(13(14)4)16-9-12(3)25-19-16/h8-10,15H,5-7H2,1-4H3,(H,23,24). The Hall–Kier alpha value is -2.57. The number of carbonyl (C=O) groups excluding carboxylic acids is 1. The third kappa shape index (κ3) is 3.06. The number of nitrogens with zero attached hydrogens (tertiary/aromatic N) is 3. The fourth-order valence-electron chi connectivity index (χ4n) is 3.56. The van der Waals surface area contributed by atoms with Crippen molar-refractivity contribution in [2.24, 2.45) is 5.92 Å². The quantitative estimate of drug-likeness (QED) is 0.924. The Morgan fingerprint density at radius 2 is 2.00 bits per heavy atom. The minimum Gasteiger partial charge on any atom is -0.480 e. The number of carboxylic acids is 1. The van der Waals surface area contributed by atoms with E-state index < -0.39 is 12.0 Å². The lowest BCUT2D eigenvalue weighted by Crippen LogP contribution is -2.49. The number of aromatic nitrogens is 2. The van der Waals surface area contributed by atoms with Crippen LogP contribution in [0, 0.1) is 26.7 Å². The molecule has 0 bridgehead atoms. The average Bonchev–Trinajstić information content (AvgIpc) is 3.09. The predicted octanol–water partition coefficient (Wildman–Crippen LogP) is 2.72. The van der Waals surface area contributed by atoms with E-state index in [1.54, 1.807) is 12.1 Å². The normalized spacial score (nSPS) is 20.7. The van der Waals surface area contributed by atoms with Gasteiger partial charge in [-0.25, -0.2) is 4.79 Å². The van der Waals surface area contributed by atoms with E-state index in [1.807, 2.05) is 32.3 Å². The Bertz CT molecular complexity index is 820. The van der Waals surface area contributed by atoms with Crippen LogP contribution in [0.5, 0.6) is 0 Å². The first kappa shape index (κ1) is 17.3. The van der Waals surface area contributed by atoms with E-state index >= 15 is 0 Å². The van der Waals surface area contributed by atoms with Crippen LogP contribution in [0.4, 0.5) is 0 Å². The highest BCUT2D eigenvalue weighted by Gasteiger charge is 2.36. The fraction of sp³-hybridized carbons (Fsp3) is 0.500. The number of carbonyl (C=O) groups is 2. The molecule has 1 N–H and O–H groups in total. The molecular weight excluding hydrogens is 322 g/mol. The number of likely N-dealkylation sites (tertiary alicyclic amines) is 1. The summed E-state index contributed by atoms with van der Waals surface area (Å²) in [7, 11) is 0. The van der Waals surface area contributed by atoms with Crippen LogP contribution in [0.2, 0.25) is 0 Å². The molecule has 25 heavy (non-hydrogen) atoms. The van der Waals surface area contributed by atoms with E-state index in [-0.39, 0.29) is 5.91 Å². The van der Waals surface area contributed by atoms with Gasteiger partial charge in [0.2, 0.25) is 0 Å². The van der Waals surface area contributed by atoms with E-state index in [9.17, 15) is 14.7 Å². The Kier molecular flexibility index (Phi) is 4.41. The molecule has 2 atom stereocenters. The third-order valence-corrected chi connectivity index (χ3v) is 4.92. The molecule has 7 heteroatoms. The average molecular weight is 345 g/mol. The van der Waals surface area contributed by atoms with Crippen molar-refractivity contribution in [3.05, 3.63) is 34.8 Å². The van der Waals surface area contributed by atoms with Crippen LogP contribution in [0.1, 0.15) is 47.3 Å². The molecule has 0 aromatic carbocycles. The van der Waals surface area contributed by atoms with Gasteiger partial charge in [-0.2, -0.15) is 0 Å². The highest BCUT2D eigenvalue weighted by molar-refractivity contribution is 5.98. The monoisotopic (exact) mass is 345 g/mol. The summed E-state index contributed by atoms with van der Waals surface area (Å²) in [6, 6.07) is 2.82. The number of rotatable bonds is 3. The molecule has 1 aliphatic rings. The Labute approximate surface area is 146 Å². The molecule has 3 rings (SSSR count). The minimum atomic E-state index is -0.944. The van der Waals surface area contributed by atoms with Gasteiger partial charge in [-0.15, -0.1) is 0 Å². The molecule has 0 radical (unpaired) electrons. The van der Waals surface area contributed by atoms with Crippen LogP contribution in [0.15, 0.2) is 16.7 Å². The van der Waals surface area contributed by atoms with Crippen LogP contribution < -0.4 is 0 Å². The molecule has 134 valence electrons. The number of amides is 1. The highest BCUT2D eigenvalue weighted by atomic mass is 16.5. The first-order valence-electron chi connectivity index (χ1n) is 8.46. The minimum absolute atomic E-state index is 0.237. The number of aryl methyl sites for hydroxylation is 2. The van der Waals surface area contributed by atoms with Gasteiger partial charge in [-0.3, -0.25) is 9.36 Å². The van der Waals surface area contributed by atoms with Gasteiger partial charge in [0.1, 0.15) is 11.8 Å². The molecule has 1 amide bonds. The van der Waals surface area contributed by atoms with E-state index in [0.29, 0.717) is 36.0 Å². The number of hydrogen-bond donors (Lipinski definition) is 1. The van der Waals surface area contributed by atoms with Crippen LogP contribution in [-0.2, 0) is 4.79 Å². The third-order valence-electron chi connectivity index (χ3n) is 4.92. The zero-order chi connectivity index (χ0) is 18.3. The summed E-state index contributed by atoms with van der Waals surface area (Å²) in [4.78, 5) is 26.1. The van der Waals surface area contributed by atoms with E-state index in [1.165, 1.54) is 4.90 Å². The number of aliphatic carboxylic acids is 1. The van der Waals surface area contributed by atoms with E-state index in [0.717, 1.165) is 17.8 Å². The Morgan fingerprint density at radius 3 is 2.60 bits per heavy atom. The summed E-state index contributed by atoms with van der Waals surface area (Å²) >= 11 is 0. The Morgan fingerprint density at radius 1 is 1.28 bits per heavy atom. The van der Waals surface area contributed by atoms with Gasteiger partial charge in [0.05, 0.1) is 5.56 Å². The van der Waals surface area contributed by atoms with Crippen molar-refractivity contribution in [1.82, 2.24) is 14.6 Å². The van der Waals surface area contributed by atoms with Gasteiger partial charge in [0.25, 0.3) is 5.91 Å². The number of piperidine rings is 1. The molecule has 0 spiro atoms. The zero-order valence-electron chi connectivity index (χ0n) is 14.9. The summed E-state index contributed by atoms with van der Waals surface area (Å²) in [6.07, 6.45) is 1.30. The molecule has 3 heterocycles. The lowest BCUT2D eigenvalue weighted by atomic mass is 9.92. The summed E-state index contributed by atoms with van der Waals surface area (Å²) < 4.78 is 6.98. The van der Waals surface area contributed by atoms with Crippen molar-refractivity contribution in [1.29, 1.82) is 0 Å². The first-order valence-corrected chi connectivity index (χ1v) is 8.46. The zero-order valence-corrected chi connectivity index (χ0v) is 14.9. The van der Waals surface area contributed by atoms with Crippen molar-refractivity contribution < 1.29 is 19.2 Å². The van der Waals surface area contributed by atoms with Gasteiger partial charge in [-0.1, -0.05) is 12.1 Å². The summed E-state index contributed by atoms with van der Waals surface area (Å²) in [5, 5.41) is 13.5. The van der Waals surface area contributed by atoms with Crippen molar-refractivity contribution in [2.45, 2.75) is 46.6 Å². The van der Waals surface area contributed by atoms with Crippen molar-refractivity contribution in [2.75, 3.05) is 6.54 Å². The first-order chi connectivity index (χ1) is 11.8. The van der Waals surface area contributed by atoms with Crippen LogP contribution in [0.25, 0.3) is 5.82 Å². The largest absolute Gasteiger partial charge is 0.480 e. The second-order valence-electron chi connectivity index (χ2n) is 6.90. The van der Waals surface area contributed by atoms with Gasteiger partial charge in [-0.05, 0) is 45.6 Å². The van der Waals surface area contributed by atoms with Crippen molar-refractivity contribution >= 4 is 11.9 Å². The van der Waals surface area contributed by atoms with Gasteiger partial charge in [0.15, 0.2) is 5.82 Å². The van der Waals surface area contributed by atoms with Crippen LogP contribution >= 0.6 is 0 Å². The maximum atomic E-state index is 13.0. The molecule has 2 unspecified atom stereocenters. The van der Waals surface area contributed by atoms with E-state index in [4.69, 9.17) is 4.52 Å². The van der Waals surface area contributed by atoms with Gasteiger partial charge < -0.3 is 14.5 Å². The van der Waals surface area contributed by atoms with Crippen molar-refractivity contribution in [3.63, 3.8) is 0 Å². The smallest absolute Gasteiger partial charge is 0.326 e. The number of carboxylic acid groups (broad SMARTS) is 1. The maximum absolute atomic E-state index is 13.0. The van der Waals surface area contributed by atoms with E-state index in [2.05, 4.69) is 5.16 Å². The molecule has 1 aliphatic heterocycles. The SMILES string of the molecule is Cc1cc(-n2c(C)cc(C(=O)N3CCC(C)CC3C(=O)O)c2C)no1. The second-order valence-corrected chi connectivity index (χ2v) is 6.90. The lowest BCUT2D eigenvalue weighted by Gasteiger charge is -2.36. The molecular formula is C18H23N3O4. The molecule has 0 saturated carbocycles. The molecule has 2 aromatic heterocycles. The summed E-state index contributed by atoms with van der Waals surface area (Å²) in [5.41, 5.74) is 2.10. The number of hydrogen-bond acceptors (Lipinski definition) is 4. The second kappa shape index (κ2) is 6.38. The van der Waals surface area contributed by atoms with Gasteiger partial charge >= 0.3 is 5.97 Å². The Balaban J connectivity index is 1.96.